The molecule has 0 unspecified atom stereocenters. The molecule has 0 aliphatic rings. The van der Waals surface area contributed by atoms with E-state index in [-0.39, 0.29) is 11.5 Å². The first-order chi connectivity index (χ1) is 15.6. The minimum Gasteiger partial charge on any atom is -0.385 e. The number of methoxy groups -OCH3 is 1. The number of hydrogen-bond donors (Lipinski definition) is 2. The molecule has 0 aliphatic heterocycles. The van der Waals surface area contributed by atoms with Gasteiger partial charge in [-0.2, -0.15) is 0 Å². The standard InChI is InChI=1S/C24H24N4O3S/c1-31-14-4-13-28-23(30)19-9-8-18(15-20(19)27-24(28)32)22(29)26-12-10-17-6-2-5-16-7-3-11-25-21(16)17/h2-3,5-9,11,15H,4,10,12-14H2,1H3,(H,26,29)(H,27,32). The number of amides is 1. The lowest BCUT2D eigenvalue weighted by Crippen LogP contribution is -2.26. The minimum absolute atomic E-state index is 0.171. The van der Waals surface area contributed by atoms with Gasteiger partial charge in [-0.25, -0.2) is 0 Å². The maximum atomic E-state index is 12.8. The Morgan fingerprint density at radius 1 is 1.22 bits per heavy atom. The third kappa shape index (κ3) is 4.61. The van der Waals surface area contributed by atoms with Crippen LogP contribution in [0.2, 0.25) is 0 Å². The second kappa shape index (κ2) is 9.84. The number of benzene rings is 2. The quantitative estimate of drug-likeness (QED) is 0.318. The largest absolute Gasteiger partial charge is 0.385 e. The Bertz CT molecular complexity index is 1390. The molecule has 7 nitrogen and oxygen atoms in total. The van der Waals surface area contributed by atoms with Gasteiger partial charge in [-0.05, 0) is 54.9 Å². The van der Waals surface area contributed by atoms with Gasteiger partial charge in [-0.3, -0.25) is 19.1 Å². The van der Waals surface area contributed by atoms with E-state index in [0.29, 0.717) is 53.8 Å². The van der Waals surface area contributed by atoms with Crippen molar-refractivity contribution < 1.29 is 9.53 Å². The summed E-state index contributed by atoms with van der Waals surface area (Å²) in [6, 6.07) is 15.0. The number of ether oxygens (including phenoxy) is 1. The number of nitrogens with one attached hydrogen (secondary N) is 2. The summed E-state index contributed by atoms with van der Waals surface area (Å²) in [5, 5.41) is 4.52. The van der Waals surface area contributed by atoms with Crippen LogP contribution in [0.5, 0.6) is 0 Å². The van der Waals surface area contributed by atoms with Gasteiger partial charge in [0.25, 0.3) is 11.5 Å². The summed E-state index contributed by atoms with van der Waals surface area (Å²) in [7, 11) is 1.62. The summed E-state index contributed by atoms with van der Waals surface area (Å²) in [5.74, 6) is -0.205. The van der Waals surface area contributed by atoms with E-state index in [1.165, 1.54) is 4.57 Å². The number of fused-ring (bicyclic) bond motifs is 2. The van der Waals surface area contributed by atoms with E-state index in [1.807, 2.05) is 30.3 Å². The van der Waals surface area contributed by atoms with E-state index in [9.17, 15) is 9.59 Å². The molecule has 0 saturated heterocycles. The number of aromatic nitrogens is 3. The zero-order valence-electron chi connectivity index (χ0n) is 17.8. The Morgan fingerprint density at radius 2 is 2.06 bits per heavy atom. The second-order valence-corrected chi connectivity index (χ2v) is 7.88. The molecule has 0 saturated carbocycles. The lowest BCUT2D eigenvalue weighted by Gasteiger charge is -2.10. The van der Waals surface area contributed by atoms with Gasteiger partial charge in [-0.1, -0.05) is 24.3 Å². The zero-order chi connectivity index (χ0) is 22.5. The third-order valence-corrected chi connectivity index (χ3v) is 5.69. The Morgan fingerprint density at radius 3 is 2.91 bits per heavy atom. The van der Waals surface area contributed by atoms with Gasteiger partial charge in [0.15, 0.2) is 4.77 Å². The predicted octanol–water partition coefficient (Wildman–Crippen LogP) is 3.62. The molecule has 0 spiro atoms. The van der Waals surface area contributed by atoms with Crippen LogP contribution in [0.15, 0.2) is 59.5 Å². The summed E-state index contributed by atoms with van der Waals surface area (Å²) in [6.07, 6.45) is 3.13. The van der Waals surface area contributed by atoms with Crippen molar-refractivity contribution in [1.29, 1.82) is 0 Å². The molecule has 2 aromatic heterocycles. The average Bonchev–Trinajstić information content (AvgIpc) is 2.81. The smallest absolute Gasteiger partial charge is 0.262 e. The van der Waals surface area contributed by atoms with Crippen LogP contribution in [0.1, 0.15) is 22.3 Å². The highest BCUT2D eigenvalue weighted by Gasteiger charge is 2.11. The van der Waals surface area contributed by atoms with Crippen molar-refractivity contribution in [3.05, 3.63) is 81.0 Å². The van der Waals surface area contributed by atoms with Gasteiger partial charge < -0.3 is 15.0 Å². The molecule has 0 atom stereocenters. The fourth-order valence-corrected chi connectivity index (χ4v) is 4.03. The van der Waals surface area contributed by atoms with E-state index < -0.39 is 0 Å². The monoisotopic (exact) mass is 448 g/mol. The molecule has 1 amide bonds. The third-order valence-electron chi connectivity index (χ3n) is 5.37. The average molecular weight is 449 g/mol. The lowest BCUT2D eigenvalue weighted by atomic mass is 10.1. The van der Waals surface area contributed by atoms with Crippen molar-refractivity contribution in [2.24, 2.45) is 0 Å². The molecule has 8 heteroatoms. The van der Waals surface area contributed by atoms with Crippen LogP contribution in [-0.4, -0.2) is 40.7 Å². The number of rotatable bonds is 8. The summed E-state index contributed by atoms with van der Waals surface area (Å²) < 4.78 is 6.90. The van der Waals surface area contributed by atoms with Crippen molar-refractivity contribution in [1.82, 2.24) is 19.9 Å². The van der Waals surface area contributed by atoms with Crippen LogP contribution in [0, 0.1) is 4.77 Å². The first-order valence-electron chi connectivity index (χ1n) is 10.4. The molecule has 2 aromatic carbocycles. The summed E-state index contributed by atoms with van der Waals surface area (Å²) in [6.45, 7) is 1.50. The molecule has 0 bridgehead atoms. The summed E-state index contributed by atoms with van der Waals surface area (Å²) >= 11 is 5.35. The number of aromatic amines is 1. The fourth-order valence-electron chi connectivity index (χ4n) is 3.75. The van der Waals surface area contributed by atoms with E-state index >= 15 is 0 Å². The van der Waals surface area contributed by atoms with E-state index in [1.54, 1.807) is 31.5 Å². The highest BCUT2D eigenvalue weighted by Crippen LogP contribution is 2.16. The zero-order valence-corrected chi connectivity index (χ0v) is 18.6. The van der Waals surface area contributed by atoms with Crippen molar-refractivity contribution in [3.8, 4) is 0 Å². The van der Waals surface area contributed by atoms with Crippen LogP contribution < -0.4 is 10.9 Å². The van der Waals surface area contributed by atoms with E-state index in [0.717, 1.165) is 16.5 Å². The molecule has 4 aromatic rings. The number of carbonyl (C=O) groups excluding carboxylic acids is 1. The lowest BCUT2D eigenvalue weighted by molar-refractivity contribution is 0.0954. The summed E-state index contributed by atoms with van der Waals surface area (Å²) in [5.41, 5.74) is 2.88. The van der Waals surface area contributed by atoms with Crippen molar-refractivity contribution >= 4 is 39.9 Å². The summed E-state index contributed by atoms with van der Waals surface area (Å²) in [4.78, 5) is 33.0. The number of carbonyl (C=O) groups is 1. The van der Waals surface area contributed by atoms with Gasteiger partial charge in [0.2, 0.25) is 0 Å². The van der Waals surface area contributed by atoms with Crippen LogP contribution >= 0.6 is 12.2 Å². The van der Waals surface area contributed by atoms with Crippen LogP contribution in [0.3, 0.4) is 0 Å². The van der Waals surface area contributed by atoms with Crippen LogP contribution in [0.4, 0.5) is 0 Å². The SMILES string of the molecule is COCCCn1c(=S)[nH]c2cc(C(=O)NCCc3cccc4cccnc34)ccc2c1=O. The molecule has 0 fully saturated rings. The highest BCUT2D eigenvalue weighted by molar-refractivity contribution is 7.71. The molecular formula is C24H24N4O3S. The number of H-pyrrole nitrogens is 1. The first kappa shape index (κ1) is 21.9. The molecule has 2 N–H and O–H groups in total. The normalized spacial score (nSPS) is 11.2. The Labute approximate surface area is 190 Å². The van der Waals surface area contributed by atoms with Gasteiger partial charge >= 0.3 is 0 Å². The molecule has 4 rings (SSSR count). The van der Waals surface area contributed by atoms with Crippen molar-refractivity contribution in [3.63, 3.8) is 0 Å². The molecule has 32 heavy (non-hydrogen) atoms. The van der Waals surface area contributed by atoms with Gasteiger partial charge in [-0.15, -0.1) is 0 Å². The maximum Gasteiger partial charge on any atom is 0.262 e. The molecule has 2 heterocycles. The predicted molar refractivity (Wildman–Crippen MR) is 128 cm³/mol. The maximum absolute atomic E-state index is 12.8. The fraction of sp³-hybridized carbons (Fsp3) is 0.250. The Balaban J connectivity index is 1.48. The molecule has 164 valence electrons. The second-order valence-electron chi connectivity index (χ2n) is 7.49. The van der Waals surface area contributed by atoms with Gasteiger partial charge in [0.1, 0.15) is 0 Å². The van der Waals surface area contributed by atoms with Crippen molar-refractivity contribution in [2.45, 2.75) is 19.4 Å². The van der Waals surface area contributed by atoms with Crippen LogP contribution in [0.25, 0.3) is 21.8 Å². The minimum atomic E-state index is -0.205. The van der Waals surface area contributed by atoms with Crippen LogP contribution in [-0.2, 0) is 17.7 Å². The number of para-hydroxylation sites is 1. The number of nitrogens with zero attached hydrogens (tertiary/aromatic N) is 2. The molecule has 0 radical (unpaired) electrons. The van der Waals surface area contributed by atoms with Gasteiger partial charge in [0, 0.05) is 44.0 Å². The topological polar surface area (TPSA) is 89.0 Å². The van der Waals surface area contributed by atoms with E-state index in [2.05, 4.69) is 15.3 Å². The highest BCUT2D eigenvalue weighted by atomic mass is 32.1. The van der Waals surface area contributed by atoms with Crippen molar-refractivity contribution in [2.75, 3.05) is 20.3 Å². The van der Waals surface area contributed by atoms with Gasteiger partial charge in [0.05, 0.1) is 16.4 Å². The molecule has 0 aliphatic carbocycles. The first-order valence-corrected chi connectivity index (χ1v) is 10.9. The Hall–Kier alpha value is -3.36. The Kier molecular flexibility index (Phi) is 6.72. The van der Waals surface area contributed by atoms with E-state index in [4.69, 9.17) is 17.0 Å². The number of pyridine rings is 1. The molecular weight excluding hydrogens is 424 g/mol. The number of hydrogen-bond acceptors (Lipinski definition) is 5.